The fourth-order valence-corrected chi connectivity index (χ4v) is 3.06. The molecule has 0 saturated carbocycles. The Morgan fingerprint density at radius 2 is 2.07 bits per heavy atom. The summed E-state index contributed by atoms with van der Waals surface area (Å²) in [6.45, 7) is 6.45. The number of hydrogen-bond acceptors (Lipinski definition) is 5. The molecule has 2 aromatic rings. The predicted octanol–water partition coefficient (Wildman–Crippen LogP) is 2.90. The number of hydrogen-bond donors (Lipinski definition) is 2. The lowest BCUT2D eigenvalue weighted by Crippen LogP contribution is -2.41. The number of phenols is 1. The van der Waals surface area contributed by atoms with Gasteiger partial charge in [0, 0.05) is 43.3 Å². The van der Waals surface area contributed by atoms with Gasteiger partial charge >= 0.3 is 0 Å². The van der Waals surface area contributed by atoms with Gasteiger partial charge < -0.3 is 20.1 Å². The highest BCUT2D eigenvalue weighted by molar-refractivity contribution is 6.02. The van der Waals surface area contributed by atoms with Gasteiger partial charge in [-0.3, -0.25) is 9.59 Å². The molecule has 1 aromatic heterocycles. The number of aryl methyl sites for hydroxylation is 1. The zero-order valence-corrected chi connectivity index (χ0v) is 15.7. The Kier molecular flexibility index (Phi) is 5.93. The van der Waals surface area contributed by atoms with E-state index < -0.39 is 5.91 Å². The van der Waals surface area contributed by atoms with E-state index in [1.54, 1.807) is 17.2 Å². The van der Waals surface area contributed by atoms with E-state index in [1.165, 1.54) is 12.1 Å². The number of carbonyl (C=O) groups is 2. The van der Waals surface area contributed by atoms with Crippen LogP contribution in [0.15, 0.2) is 49.2 Å². The van der Waals surface area contributed by atoms with Gasteiger partial charge in [0.1, 0.15) is 11.9 Å². The second-order valence-electron chi connectivity index (χ2n) is 6.66. The van der Waals surface area contributed by atoms with Crippen molar-refractivity contribution in [3.05, 3.63) is 60.3 Å². The summed E-state index contributed by atoms with van der Waals surface area (Å²) in [7, 11) is 0. The molecule has 0 unspecified atom stereocenters. The number of anilines is 1. The number of aromatic hydroxyl groups is 1. The molecular formula is C21H23N3O4. The van der Waals surface area contributed by atoms with E-state index in [9.17, 15) is 14.7 Å². The normalized spacial score (nSPS) is 14.4. The molecule has 2 N–H and O–H groups in total. The molecule has 1 aromatic carbocycles. The zero-order valence-electron chi connectivity index (χ0n) is 15.7. The average molecular weight is 381 g/mol. The van der Waals surface area contributed by atoms with Gasteiger partial charge in [0.15, 0.2) is 0 Å². The van der Waals surface area contributed by atoms with Gasteiger partial charge in [-0.2, -0.15) is 0 Å². The first-order valence-corrected chi connectivity index (χ1v) is 9.12. The van der Waals surface area contributed by atoms with Crippen LogP contribution in [-0.2, 0) is 4.79 Å². The fourth-order valence-electron chi connectivity index (χ4n) is 3.06. The lowest BCUT2D eigenvalue weighted by atomic mass is 10.1. The Morgan fingerprint density at radius 1 is 1.32 bits per heavy atom. The average Bonchev–Trinajstić information content (AvgIpc) is 2.71. The second kappa shape index (κ2) is 8.56. The first-order valence-electron chi connectivity index (χ1n) is 9.12. The zero-order chi connectivity index (χ0) is 20.1. The van der Waals surface area contributed by atoms with Gasteiger partial charge in [0.25, 0.3) is 5.91 Å². The van der Waals surface area contributed by atoms with Gasteiger partial charge in [0.05, 0.1) is 5.69 Å². The van der Waals surface area contributed by atoms with Crippen LogP contribution in [-0.4, -0.2) is 46.0 Å². The first kappa shape index (κ1) is 19.4. The van der Waals surface area contributed by atoms with Crippen LogP contribution in [0.25, 0.3) is 0 Å². The van der Waals surface area contributed by atoms with Crippen molar-refractivity contribution < 1.29 is 19.4 Å². The number of piperidine rings is 1. The van der Waals surface area contributed by atoms with Gasteiger partial charge in [-0.25, -0.2) is 4.98 Å². The third-order valence-electron chi connectivity index (χ3n) is 4.66. The highest BCUT2D eigenvalue weighted by Gasteiger charge is 2.25. The molecule has 1 aliphatic rings. The molecule has 146 valence electrons. The Bertz CT molecular complexity index is 889. The Balaban J connectivity index is 1.62. The van der Waals surface area contributed by atoms with E-state index in [4.69, 9.17) is 4.74 Å². The molecule has 1 fully saturated rings. The van der Waals surface area contributed by atoms with E-state index in [0.29, 0.717) is 37.4 Å². The molecule has 0 radical (unpaired) electrons. The van der Waals surface area contributed by atoms with Gasteiger partial charge in [-0.05, 0) is 37.3 Å². The van der Waals surface area contributed by atoms with Crippen molar-refractivity contribution in [1.29, 1.82) is 0 Å². The van der Waals surface area contributed by atoms with Crippen molar-refractivity contribution in [1.82, 2.24) is 9.88 Å². The van der Waals surface area contributed by atoms with Crippen molar-refractivity contribution in [2.24, 2.45) is 0 Å². The molecule has 28 heavy (non-hydrogen) atoms. The maximum absolute atomic E-state index is 12.8. The van der Waals surface area contributed by atoms with Gasteiger partial charge in [-0.15, -0.1) is 0 Å². The van der Waals surface area contributed by atoms with Crippen molar-refractivity contribution in [3.8, 4) is 11.6 Å². The molecule has 2 amide bonds. The van der Waals surface area contributed by atoms with Crippen LogP contribution >= 0.6 is 0 Å². The Labute approximate surface area is 163 Å². The third kappa shape index (κ3) is 4.49. The summed E-state index contributed by atoms with van der Waals surface area (Å²) in [6, 6.07) is 8.23. The van der Waals surface area contributed by atoms with E-state index in [0.717, 1.165) is 11.6 Å². The molecule has 0 spiro atoms. The molecule has 1 aliphatic heterocycles. The summed E-state index contributed by atoms with van der Waals surface area (Å²) in [5.74, 6) is -0.0813. The number of benzene rings is 1. The molecule has 2 heterocycles. The van der Waals surface area contributed by atoms with Crippen LogP contribution in [0, 0.1) is 6.92 Å². The van der Waals surface area contributed by atoms with Crippen LogP contribution in [0.3, 0.4) is 0 Å². The quantitative estimate of drug-likeness (QED) is 0.614. The molecule has 3 rings (SSSR count). The standard InChI is InChI=1S/C21H23N3O4/c1-3-19(26)23-17-13-15(6-7-18(17)25)21(27)24-11-8-16(9-12-24)28-20-14(2)5-4-10-22-20/h3-7,10,13,16,25H,1,8-9,11-12H2,2H3,(H,23,26). The molecule has 0 atom stereocenters. The number of pyridine rings is 1. The number of carbonyl (C=O) groups excluding carboxylic acids is 2. The summed E-state index contributed by atoms with van der Waals surface area (Å²) < 4.78 is 5.97. The summed E-state index contributed by atoms with van der Waals surface area (Å²) in [4.78, 5) is 30.3. The topological polar surface area (TPSA) is 91.8 Å². The molecule has 7 heteroatoms. The molecule has 1 saturated heterocycles. The smallest absolute Gasteiger partial charge is 0.253 e. The number of amides is 2. The number of rotatable bonds is 5. The largest absolute Gasteiger partial charge is 0.506 e. The SMILES string of the molecule is C=CC(=O)Nc1cc(C(=O)N2CCC(Oc3ncccc3C)CC2)ccc1O. The summed E-state index contributed by atoms with van der Waals surface area (Å²) in [5, 5.41) is 12.4. The van der Waals surface area contributed by atoms with E-state index in [1.807, 2.05) is 19.1 Å². The summed E-state index contributed by atoms with van der Waals surface area (Å²) in [5.41, 5.74) is 1.57. The highest BCUT2D eigenvalue weighted by atomic mass is 16.5. The van der Waals surface area contributed by atoms with Crippen molar-refractivity contribution in [3.63, 3.8) is 0 Å². The van der Waals surface area contributed by atoms with Gasteiger partial charge in [-0.1, -0.05) is 12.6 Å². The highest BCUT2D eigenvalue weighted by Crippen LogP contribution is 2.26. The monoisotopic (exact) mass is 381 g/mol. The van der Waals surface area contributed by atoms with Crippen molar-refractivity contribution >= 4 is 17.5 Å². The minimum Gasteiger partial charge on any atom is -0.506 e. The minimum atomic E-state index is -0.456. The first-order chi connectivity index (χ1) is 13.5. The summed E-state index contributed by atoms with van der Waals surface area (Å²) in [6.07, 6.45) is 4.23. The lowest BCUT2D eigenvalue weighted by molar-refractivity contribution is -0.111. The van der Waals surface area contributed by atoms with Crippen LogP contribution < -0.4 is 10.1 Å². The molecule has 0 bridgehead atoms. The van der Waals surface area contributed by atoms with E-state index >= 15 is 0 Å². The molecule has 0 aliphatic carbocycles. The van der Waals surface area contributed by atoms with E-state index in [-0.39, 0.29) is 23.4 Å². The lowest BCUT2D eigenvalue weighted by Gasteiger charge is -2.32. The number of aromatic nitrogens is 1. The fraction of sp³-hybridized carbons (Fsp3) is 0.286. The predicted molar refractivity (Wildman–Crippen MR) is 105 cm³/mol. The van der Waals surface area contributed by atoms with Crippen molar-refractivity contribution in [2.75, 3.05) is 18.4 Å². The van der Waals surface area contributed by atoms with Crippen LogP contribution in [0.1, 0.15) is 28.8 Å². The summed E-state index contributed by atoms with van der Waals surface area (Å²) >= 11 is 0. The van der Waals surface area contributed by atoms with Crippen LogP contribution in [0.4, 0.5) is 5.69 Å². The number of nitrogens with zero attached hydrogens (tertiary/aromatic N) is 2. The van der Waals surface area contributed by atoms with Crippen LogP contribution in [0.2, 0.25) is 0 Å². The Hall–Kier alpha value is -3.35. The number of likely N-dealkylation sites (tertiary alicyclic amines) is 1. The maximum atomic E-state index is 12.8. The van der Waals surface area contributed by atoms with Crippen LogP contribution in [0.5, 0.6) is 11.6 Å². The minimum absolute atomic E-state index is 0.0138. The maximum Gasteiger partial charge on any atom is 0.253 e. The van der Waals surface area contributed by atoms with E-state index in [2.05, 4.69) is 16.9 Å². The second-order valence-corrected chi connectivity index (χ2v) is 6.66. The molecule has 7 nitrogen and oxygen atoms in total. The molecular weight excluding hydrogens is 358 g/mol. The Morgan fingerprint density at radius 3 is 2.75 bits per heavy atom. The van der Waals surface area contributed by atoms with Crippen molar-refractivity contribution in [2.45, 2.75) is 25.9 Å². The van der Waals surface area contributed by atoms with Gasteiger partial charge in [0.2, 0.25) is 11.8 Å². The number of ether oxygens (including phenoxy) is 1. The third-order valence-corrected chi connectivity index (χ3v) is 4.66. The number of nitrogens with one attached hydrogen (secondary N) is 1. The number of phenolic OH excluding ortho intramolecular Hbond substituents is 1.